The van der Waals surface area contributed by atoms with Gasteiger partial charge in [-0.15, -0.1) is 0 Å². The van der Waals surface area contributed by atoms with Crippen LogP contribution in [0.2, 0.25) is 0 Å². The quantitative estimate of drug-likeness (QED) is 0.485. The number of hydrogen-bond donors (Lipinski definition) is 0. The van der Waals surface area contributed by atoms with Crippen LogP contribution in [0.4, 0.5) is 17.6 Å². The van der Waals surface area contributed by atoms with E-state index in [2.05, 4.69) is 10.7 Å². The third kappa shape index (κ3) is 5.21. The first-order chi connectivity index (χ1) is 16.5. The number of hydrogen-bond acceptors (Lipinski definition) is 3. The molecular weight excluding hydrogens is 480 g/mol. The summed E-state index contributed by atoms with van der Waals surface area (Å²) in [6.45, 7) is 4.24. The lowest BCUT2D eigenvalue weighted by molar-refractivity contribution is -0.138. The molecular formula is C26H28F4N2O2S. The summed E-state index contributed by atoms with van der Waals surface area (Å²) in [6, 6.07) is 3.67. The first-order valence-corrected chi connectivity index (χ1v) is 13.1. The first kappa shape index (κ1) is 26.7. The average molecular weight is 509 g/mol. The van der Waals surface area contributed by atoms with Crippen LogP contribution in [0.25, 0.3) is 22.3 Å². The van der Waals surface area contributed by atoms with E-state index in [-0.39, 0.29) is 34.6 Å². The molecule has 1 aliphatic rings. The van der Waals surface area contributed by atoms with Crippen molar-refractivity contribution < 1.29 is 26.0 Å². The first-order valence-electron chi connectivity index (χ1n) is 11.4. The Morgan fingerprint density at radius 2 is 1.89 bits per heavy atom. The monoisotopic (exact) mass is 508 g/mol. The Labute approximate surface area is 202 Å². The Kier molecular flexibility index (Phi) is 7.92. The second-order valence-electron chi connectivity index (χ2n) is 8.20. The zero-order chi connectivity index (χ0) is 26.0. The van der Waals surface area contributed by atoms with Crippen LogP contribution in [0.3, 0.4) is 0 Å². The van der Waals surface area contributed by atoms with E-state index in [0.29, 0.717) is 34.1 Å². The van der Waals surface area contributed by atoms with E-state index in [9.17, 15) is 26.0 Å². The minimum Gasteiger partial charge on any atom is -0.321 e. The second-order valence-corrected chi connectivity index (χ2v) is 10.4. The van der Waals surface area contributed by atoms with E-state index in [1.54, 1.807) is 43.7 Å². The standard InChI is InChI=1S/C26H28F4N2O2S/c1-5-10-19-20(12-9-13-21(19)26(28,29)30)24(35(33,34)7-3)18(6-2)25-31-22-15-17(16-27)11-8-14-23(22)32(25)4/h8-9,11-13,15H,5-7,10,16H2,1-4H3/b24-18-. The molecule has 0 unspecified atom stereocenters. The number of alkyl halides is 4. The zero-order valence-corrected chi connectivity index (χ0v) is 20.9. The maximum atomic E-state index is 13.9. The normalized spacial score (nSPS) is 14.5. The number of nitrogens with zero attached hydrogens (tertiary/aromatic N) is 2. The Hall–Kier alpha value is -2.90. The van der Waals surface area contributed by atoms with Crippen LogP contribution in [-0.2, 0) is 29.5 Å². The molecule has 0 aliphatic heterocycles. The number of benzene rings is 1. The van der Waals surface area contributed by atoms with Gasteiger partial charge in [0.15, 0.2) is 9.84 Å². The van der Waals surface area contributed by atoms with E-state index < -0.39 is 28.3 Å². The largest absolute Gasteiger partial charge is 0.416 e. The fraction of sp³-hybridized carbons (Fsp3) is 0.385. The molecule has 188 valence electrons. The molecule has 35 heavy (non-hydrogen) atoms. The van der Waals surface area contributed by atoms with Crippen LogP contribution >= 0.6 is 0 Å². The molecule has 1 aliphatic carbocycles. The van der Waals surface area contributed by atoms with Crippen molar-refractivity contribution in [2.45, 2.75) is 46.2 Å². The molecule has 2 aromatic rings. The van der Waals surface area contributed by atoms with Gasteiger partial charge in [0.1, 0.15) is 17.8 Å². The summed E-state index contributed by atoms with van der Waals surface area (Å²) in [5.41, 5.74) is 2.88. The smallest absolute Gasteiger partial charge is 0.321 e. The summed E-state index contributed by atoms with van der Waals surface area (Å²) in [7, 11) is -2.29. The molecule has 4 nitrogen and oxygen atoms in total. The average Bonchev–Trinajstić information content (AvgIpc) is 2.97. The maximum Gasteiger partial charge on any atom is 0.416 e. The summed E-state index contributed by atoms with van der Waals surface area (Å²) in [5.74, 6) is 0.00616. The minimum absolute atomic E-state index is 0.0445. The van der Waals surface area contributed by atoms with Crippen LogP contribution in [0.15, 0.2) is 35.9 Å². The Morgan fingerprint density at radius 3 is 2.46 bits per heavy atom. The Morgan fingerprint density at radius 1 is 1.17 bits per heavy atom. The van der Waals surface area contributed by atoms with Gasteiger partial charge in [0.05, 0.1) is 21.6 Å². The second kappa shape index (κ2) is 10.4. The number of aromatic nitrogens is 2. The highest BCUT2D eigenvalue weighted by Crippen LogP contribution is 2.40. The van der Waals surface area contributed by atoms with Crippen molar-refractivity contribution in [3.8, 4) is 0 Å². The molecule has 0 radical (unpaired) electrons. The van der Waals surface area contributed by atoms with Gasteiger partial charge in [-0.2, -0.15) is 13.2 Å². The number of rotatable bonds is 8. The van der Waals surface area contributed by atoms with Gasteiger partial charge < -0.3 is 4.57 Å². The lowest BCUT2D eigenvalue weighted by Gasteiger charge is -2.21. The zero-order valence-electron chi connectivity index (χ0n) is 20.1. The SMILES string of the molecule is CCCc1c(/C(=C(\CC)c2nc3c(n2C)=C=CC=C(CF)C=3)S(=O)(=O)CC)cccc1C(F)(F)F. The van der Waals surface area contributed by atoms with Crippen molar-refractivity contribution in [2.24, 2.45) is 7.05 Å². The van der Waals surface area contributed by atoms with Crippen LogP contribution in [0.5, 0.6) is 0 Å². The van der Waals surface area contributed by atoms with Crippen molar-refractivity contribution in [1.82, 2.24) is 9.55 Å². The number of fused-ring (bicyclic) bond motifs is 1. The minimum atomic E-state index is -4.63. The highest BCUT2D eigenvalue weighted by molar-refractivity contribution is 8.00. The number of halogens is 4. The van der Waals surface area contributed by atoms with Crippen LogP contribution < -0.4 is 10.7 Å². The molecule has 9 heteroatoms. The van der Waals surface area contributed by atoms with Gasteiger partial charge in [-0.3, -0.25) is 0 Å². The third-order valence-electron chi connectivity index (χ3n) is 5.93. The van der Waals surface area contributed by atoms with Gasteiger partial charge in [-0.1, -0.05) is 45.1 Å². The molecule has 1 heterocycles. The van der Waals surface area contributed by atoms with Crippen LogP contribution in [-0.4, -0.2) is 30.4 Å². The summed E-state index contributed by atoms with van der Waals surface area (Å²) in [6.07, 6.45) is 0.747. The number of imidazole rings is 1. The van der Waals surface area contributed by atoms with Gasteiger partial charge in [-0.05, 0) is 53.8 Å². The van der Waals surface area contributed by atoms with E-state index in [1.807, 2.05) is 0 Å². The predicted molar refractivity (Wildman–Crippen MR) is 131 cm³/mol. The fourth-order valence-corrected chi connectivity index (χ4v) is 5.69. The molecule has 0 saturated carbocycles. The highest BCUT2D eigenvalue weighted by Gasteiger charge is 2.36. The van der Waals surface area contributed by atoms with Gasteiger partial charge in [0.2, 0.25) is 0 Å². The molecule has 3 rings (SSSR count). The molecule has 0 spiro atoms. The van der Waals surface area contributed by atoms with Gasteiger partial charge >= 0.3 is 6.18 Å². The Bertz CT molecular complexity index is 1460. The van der Waals surface area contributed by atoms with Crippen LogP contribution in [0, 0.1) is 0 Å². The molecule has 0 bridgehead atoms. The van der Waals surface area contributed by atoms with E-state index in [4.69, 9.17) is 0 Å². The molecule has 0 fully saturated rings. The van der Waals surface area contributed by atoms with Crippen LogP contribution in [0.1, 0.15) is 56.1 Å². The van der Waals surface area contributed by atoms with E-state index >= 15 is 0 Å². The van der Waals surface area contributed by atoms with E-state index in [1.165, 1.54) is 19.1 Å². The van der Waals surface area contributed by atoms with E-state index in [0.717, 1.165) is 6.07 Å². The maximum absolute atomic E-state index is 13.9. The van der Waals surface area contributed by atoms with Crippen molar-refractivity contribution in [3.63, 3.8) is 0 Å². The lowest BCUT2D eigenvalue weighted by atomic mass is 9.94. The molecule has 0 atom stereocenters. The molecule has 0 amide bonds. The lowest BCUT2D eigenvalue weighted by Crippen LogP contribution is -2.27. The predicted octanol–water partition coefficient (Wildman–Crippen LogP) is 4.73. The Balaban J connectivity index is 2.49. The highest BCUT2D eigenvalue weighted by atomic mass is 32.2. The van der Waals surface area contributed by atoms with Gasteiger partial charge in [0.25, 0.3) is 0 Å². The molecule has 1 aromatic heterocycles. The van der Waals surface area contributed by atoms with Crippen molar-refractivity contribution in [2.75, 3.05) is 12.4 Å². The molecule has 0 N–H and O–H groups in total. The van der Waals surface area contributed by atoms with Crippen molar-refractivity contribution >= 4 is 32.1 Å². The topological polar surface area (TPSA) is 52.0 Å². The van der Waals surface area contributed by atoms with Crippen molar-refractivity contribution in [1.29, 1.82) is 0 Å². The number of allylic oxidation sites excluding steroid dienone is 4. The van der Waals surface area contributed by atoms with Crippen molar-refractivity contribution in [3.05, 3.63) is 69.1 Å². The third-order valence-corrected chi connectivity index (χ3v) is 7.78. The molecule has 1 aromatic carbocycles. The summed E-state index contributed by atoms with van der Waals surface area (Å²) >= 11 is 0. The van der Waals surface area contributed by atoms with Gasteiger partial charge in [-0.25, -0.2) is 17.8 Å². The summed E-state index contributed by atoms with van der Waals surface area (Å²) in [4.78, 5) is 4.45. The molecule has 0 saturated heterocycles. The van der Waals surface area contributed by atoms with Gasteiger partial charge in [0, 0.05) is 12.6 Å². The summed E-state index contributed by atoms with van der Waals surface area (Å²) in [5, 5.41) is 0.939. The number of sulfone groups is 1. The fourth-order valence-electron chi connectivity index (χ4n) is 4.26. The summed E-state index contributed by atoms with van der Waals surface area (Å²) < 4.78 is 83.5.